The Balaban J connectivity index is 1.89. The van der Waals surface area contributed by atoms with E-state index >= 15 is 0 Å². The Kier molecular flexibility index (Phi) is 6.00. The van der Waals surface area contributed by atoms with Crippen LogP contribution in [0.1, 0.15) is 37.7 Å². The van der Waals surface area contributed by atoms with Gasteiger partial charge in [-0.15, -0.1) is 0 Å². The molecule has 0 aromatic heterocycles. The topological polar surface area (TPSA) is 93.5 Å². The Hall–Kier alpha value is -1.82. The van der Waals surface area contributed by atoms with Gasteiger partial charge in [0.25, 0.3) is 5.69 Å². The van der Waals surface area contributed by atoms with Crippen LogP contribution < -0.4 is 11.1 Å². The number of guanidine groups is 1. The molecule has 1 fully saturated rings. The van der Waals surface area contributed by atoms with E-state index in [0.717, 1.165) is 12.8 Å². The molecule has 0 bridgehead atoms. The summed E-state index contributed by atoms with van der Waals surface area (Å²) in [7, 11) is 0. The Labute approximate surface area is 134 Å². The van der Waals surface area contributed by atoms with Crippen LogP contribution in [-0.2, 0) is 6.42 Å². The van der Waals surface area contributed by atoms with Gasteiger partial charge in [0.2, 0.25) is 0 Å². The molecule has 7 heteroatoms. The van der Waals surface area contributed by atoms with Crippen LogP contribution in [0, 0.1) is 10.1 Å². The summed E-state index contributed by atoms with van der Waals surface area (Å²) in [5, 5.41) is 14.6. The monoisotopic (exact) mass is 324 g/mol. The van der Waals surface area contributed by atoms with Gasteiger partial charge in [0, 0.05) is 29.2 Å². The van der Waals surface area contributed by atoms with Gasteiger partial charge in [-0.1, -0.05) is 36.9 Å². The van der Waals surface area contributed by atoms with E-state index in [1.807, 2.05) is 0 Å². The predicted molar refractivity (Wildman–Crippen MR) is 88.3 cm³/mol. The van der Waals surface area contributed by atoms with Crippen molar-refractivity contribution in [2.45, 2.75) is 44.6 Å². The molecule has 0 amide bonds. The maximum Gasteiger partial charge on any atom is 0.274 e. The van der Waals surface area contributed by atoms with Crippen molar-refractivity contribution in [2.24, 2.45) is 10.7 Å². The van der Waals surface area contributed by atoms with E-state index in [1.165, 1.54) is 25.3 Å². The molecule has 1 aliphatic carbocycles. The number of nitro benzene ring substituents is 1. The summed E-state index contributed by atoms with van der Waals surface area (Å²) in [6.07, 6.45) is 6.44. The second-order valence-electron chi connectivity index (χ2n) is 5.53. The van der Waals surface area contributed by atoms with E-state index in [9.17, 15) is 10.1 Å². The fourth-order valence-electron chi connectivity index (χ4n) is 2.72. The first-order valence-electron chi connectivity index (χ1n) is 7.55. The largest absolute Gasteiger partial charge is 0.370 e. The summed E-state index contributed by atoms with van der Waals surface area (Å²) in [5.74, 6) is 0.420. The van der Waals surface area contributed by atoms with Gasteiger partial charge in [-0.2, -0.15) is 0 Å². The Morgan fingerprint density at radius 3 is 2.82 bits per heavy atom. The van der Waals surface area contributed by atoms with E-state index in [4.69, 9.17) is 17.3 Å². The van der Waals surface area contributed by atoms with Gasteiger partial charge in [0.1, 0.15) is 0 Å². The first-order valence-corrected chi connectivity index (χ1v) is 7.93. The molecular weight excluding hydrogens is 304 g/mol. The predicted octanol–water partition coefficient (Wildman–Crippen LogP) is 3.03. The number of nitro groups is 1. The third kappa shape index (κ3) is 4.87. The summed E-state index contributed by atoms with van der Waals surface area (Å²) in [5.41, 5.74) is 6.52. The van der Waals surface area contributed by atoms with Gasteiger partial charge in [-0.05, 0) is 25.3 Å². The number of hydrogen-bond donors (Lipinski definition) is 2. The minimum Gasteiger partial charge on any atom is -0.370 e. The zero-order chi connectivity index (χ0) is 15.9. The van der Waals surface area contributed by atoms with Crippen LogP contribution in [0.3, 0.4) is 0 Å². The number of hydrogen-bond acceptors (Lipinski definition) is 3. The molecule has 0 aliphatic heterocycles. The molecule has 3 N–H and O–H groups in total. The minimum absolute atomic E-state index is 0.0292. The van der Waals surface area contributed by atoms with Gasteiger partial charge < -0.3 is 11.1 Å². The van der Waals surface area contributed by atoms with E-state index in [1.54, 1.807) is 12.1 Å². The van der Waals surface area contributed by atoms with Crippen molar-refractivity contribution in [1.29, 1.82) is 0 Å². The maximum absolute atomic E-state index is 11.0. The van der Waals surface area contributed by atoms with E-state index in [2.05, 4.69) is 10.3 Å². The number of aliphatic imine (C=N–C) groups is 1. The van der Waals surface area contributed by atoms with Crippen LogP contribution in [-0.4, -0.2) is 23.5 Å². The molecule has 0 unspecified atom stereocenters. The average molecular weight is 325 g/mol. The number of rotatable bonds is 5. The summed E-state index contributed by atoms with van der Waals surface area (Å²) >= 11 is 5.79. The second-order valence-corrected chi connectivity index (χ2v) is 5.96. The second kappa shape index (κ2) is 7.98. The molecule has 0 spiro atoms. The lowest BCUT2D eigenvalue weighted by Gasteiger charge is -2.23. The van der Waals surface area contributed by atoms with Crippen molar-refractivity contribution in [3.05, 3.63) is 38.9 Å². The van der Waals surface area contributed by atoms with Gasteiger partial charge in [0.15, 0.2) is 5.96 Å². The first kappa shape index (κ1) is 16.5. The zero-order valence-corrected chi connectivity index (χ0v) is 13.2. The summed E-state index contributed by atoms with van der Waals surface area (Å²) < 4.78 is 0. The van der Waals surface area contributed by atoms with E-state index in [0.29, 0.717) is 35.6 Å². The highest BCUT2D eigenvalue weighted by Gasteiger charge is 2.15. The molecule has 0 atom stereocenters. The van der Waals surface area contributed by atoms with Crippen LogP contribution >= 0.6 is 11.6 Å². The fourth-order valence-corrected chi connectivity index (χ4v) is 2.88. The van der Waals surface area contributed by atoms with Crippen LogP contribution in [0.25, 0.3) is 0 Å². The number of halogens is 1. The van der Waals surface area contributed by atoms with Crippen LogP contribution in [0.2, 0.25) is 5.02 Å². The van der Waals surface area contributed by atoms with Crippen LogP contribution in [0.4, 0.5) is 5.69 Å². The van der Waals surface area contributed by atoms with Crippen molar-refractivity contribution in [3.8, 4) is 0 Å². The molecule has 0 radical (unpaired) electrons. The summed E-state index contributed by atoms with van der Waals surface area (Å²) in [6, 6.07) is 5.09. The standard InChI is InChI=1S/C15H21ClN4O2/c16-12-7-6-11(14(10-12)20(21)22)8-9-18-15(17)19-13-4-2-1-3-5-13/h6-7,10,13H,1-5,8-9H2,(H3,17,18,19). The third-order valence-electron chi connectivity index (χ3n) is 3.86. The minimum atomic E-state index is -0.422. The Morgan fingerprint density at radius 2 is 2.14 bits per heavy atom. The average Bonchev–Trinajstić information content (AvgIpc) is 2.49. The van der Waals surface area contributed by atoms with Crippen molar-refractivity contribution in [2.75, 3.05) is 6.54 Å². The van der Waals surface area contributed by atoms with Crippen LogP contribution in [0.5, 0.6) is 0 Å². The van der Waals surface area contributed by atoms with Gasteiger partial charge in [-0.25, -0.2) is 0 Å². The molecule has 120 valence electrons. The molecule has 0 heterocycles. The lowest BCUT2D eigenvalue weighted by molar-refractivity contribution is -0.385. The molecule has 2 rings (SSSR count). The molecule has 0 saturated heterocycles. The quantitative estimate of drug-likeness (QED) is 0.377. The summed E-state index contributed by atoms with van der Waals surface area (Å²) in [6.45, 7) is 0.411. The zero-order valence-electron chi connectivity index (χ0n) is 12.4. The highest BCUT2D eigenvalue weighted by molar-refractivity contribution is 6.30. The molecular formula is C15H21ClN4O2. The smallest absolute Gasteiger partial charge is 0.274 e. The maximum atomic E-state index is 11.0. The number of nitrogens with zero attached hydrogens (tertiary/aromatic N) is 2. The highest BCUT2D eigenvalue weighted by atomic mass is 35.5. The van der Waals surface area contributed by atoms with Crippen molar-refractivity contribution < 1.29 is 4.92 Å². The number of nitrogens with two attached hydrogens (primary N) is 1. The molecule has 1 saturated carbocycles. The molecule has 6 nitrogen and oxygen atoms in total. The molecule has 1 aromatic carbocycles. The van der Waals surface area contributed by atoms with Gasteiger partial charge in [-0.3, -0.25) is 15.1 Å². The Morgan fingerprint density at radius 1 is 1.41 bits per heavy atom. The SMILES string of the molecule is NC(=NCCc1ccc(Cl)cc1[N+](=O)[O-])NC1CCCCC1. The molecule has 22 heavy (non-hydrogen) atoms. The van der Waals surface area contributed by atoms with Gasteiger partial charge >= 0.3 is 0 Å². The summed E-state index contributed by atoms with van der Waals surface area (Å²) in [4.78, 5) is 14.8. The Bertz CT molecular complexity index is 556. The normalized spacial score (nSPS) is 16.5. The fraction of sp³-hybridized carbons (Fsp3) is 0.533. The molecule has 1 aliphatic rings. The van der Waals surface area contributed by atoms with E-state index in [-0.39, 0.29) is 5.69 Å². The lowest BCUT2D eigenvalue weighted by atomic mass is 9.96. The number of benzene rings is 1. The number of nitrogens with one attached hydrogen (secondary N) is 1. The third-order valence-corrected chi connectivity index (χ3v) is 4.10. The van der Waals surface area contributed by atoms with Gasteiger partial charge in [0.05, 0.1) is 4.92 Å². The molecule has 1 aromatic rings. The first-order chi connectivity index (χ1) is 10.6. The van der Waals surface area contributed by atoms with E-state index < -0.39 is 4.92 Å². The van der Waals surface area contributed by atoms with Crippen molar-refractivity contribution in [1.82, 2.24) is 5.32 Å². The van der Waals surface area contributed by atoms with Crippen LogP contribution in [0.15, 0.2) is 23.2 Å². The highest BCUT2D eigenvalue weighted by Crippen LogP contribution is 2.23. The van der Waals surface area contributed by atoms with Crippen molar-refractivity contribution in [3.63, 3.8) is 0 Å². The van der Waals surface area contributed by atoms with Crippen molar-refractivity contribution >= 4 is 23.2 Å². The lowest BCUT2D eigenvalue weighted by Crippen LogP contribution is -2.41.